The first-order chi connectivity index (χ1) is 13.6. The van der Waals surface area contributed by atoms with E-state index in [0.29, 0.717) is 11.5 Å². The summed E-state index contributed by atoms with van der Waals surface area (Å²) < 4.78 is 10.4. The van der Waals surface area contributed by atoms with E-state index < -0.39 is 0 Å². The number of amides is 2. The van der Waals surface area contributed by atoms with Gasteiger partial charge in [-0.05, 0) is 42.2 Å². The van der Waals surface area contributed by atoms with Gasteiger partial charge in [0.25, 0.3) is 5.91 Å². The minimum absolute atomic E-state index is 0.118. The molecule has 148 valence electrons. The molecule has 0 saturated heterocycles. The summed E-state index contributed by atoms with van der Waals surface area (Å²) in [6, 6.07) is 13.4. The topological polar surface area (TPSA) is 79.9 Å². The molecule has 0 fully saturated rings. The third kappa shape index (κ3) is 4.73. The van der Waals surface area contributed by atoms with E-state index in [1.165, 1.54) is 5.56 Å². The smallest absolute Gasteiger partial charge is 0.257 e. The van der Waals surface area contributed by atoms with Gasteiger partial charge < -0.3 is 14.4 Å². The van der Waals surface area contributed by atoms with Crippen LogP contribution in [0.25, 0.3) is 0 Å². The molecule has 7 nitrogen and oxygen atoms in total. The monoisotopic (exact) mass is 383 g/mol. The van der Waals surface area contributed by atoms with Crippen LogP contribution in [0.2, 0.25) is 0 Å². The van der Waals surface area contributed by atoms with Crippen LogP contribution in [0.5, 0.6) is 11.5 Å². The fraction of sp³-hybridized carbons (Fsp3) is 0.333. The Kier molecular flexibility index (Phi) is 6.37. The van der Waals surface area contributed by atoms with Gasteiger partial charge in [-0.3, -0.25) is 20.4 Å². The summed E-state index contributed by atoms with van der Waals surface area (Å²) >= 11 is 0. The van der Waals surface area contributed by atoms with Crippen molar-refractivity contribution in [2.45, 2.75) is 19.3 Å². The lowest BCUT2D eigenvalue weighted by molar-refractivity contribution is -0.127. The molecular weight excluding hydrogens is 358 g/mol. The van der Waals surface area contributed by atoms with Crippen molar-refractivity contribution in [3.8, 4) is 11.5 Å². The molecule has 0 saturated carbocycles. The van der Waals surface area contributed by atoms with Gasteiger partial charge in [-0.2, -0.15) is 0 Å². The maximum Gasteiger partial charge on any atom is 0.257 e. The van der Waals surface area contributed by atoms with Crippen molar-refractivity contribution in [2.75, 3.05) is 32.2 Å². The molecule has 0 radical (unpaired) electrons. The Hall–Kier alpha value is -3.22. The Morgan fingerprint density at radius 3 is 2.54 bits per heavy atom. The number of carbonyl (C=O) groups is 2. The molecule has 2 N–H and O–H groups in total. The quantitative estimate of drug-likeness (QED) is 0.744. The third-order valence-corrected chi connectivity index (χ3v) is 4.69. The van der Waals surface area contributed by atoms with E-state index in [0.717, 1.165) is 30.6 Å². The summed E-state index contributed by atoms with van der Waals surface area (Å²) in [5.74, 6) is 0.597. The number of hydrogen-bond acceptors (Lipinski definition) is 5. The van der Waals surface area contributed by atoms with Crippen molar-refractivity contribution in [2.24, 2.45) is 0 Å². The number of hydrazine groups is 1. The number of para-hydroxylation sites is 1. The highest BCUT2D eigenvalue weighted by Crippen LogP contribution is 2.28. The second kappa shape index (κ2) is 9.12. The van der Waals surface area contributed by atoms with Crippen LogP contribution in [-0.2, 0) is 22.4 Å². The van der Waals surface area contributed by atoms with Crippen LogP contribution >= 0.6 is 0 Å². The number of rotatable bonds is 6. The molecule has 0 unspecified atom stereocenters. The van der Waals surface area contributed by atoms with E-state index in [9.17, 15) is 9.59 Å². The average molecular weight is 383 g/mol. The van der Waals surface area contributed by atoms with Crippen molar-refractivity contribution in [3.63, 3.8) is 0 Å². The first-order valence-corrected chi connectivity index (χ1v) is 9.22. The number of aryl methyl sites for hydroxylation is 1. The number of nitrogens with one attached hydrogen (secondary N) is 2. The van der Waals surface area contributed by atoms with E-state index in [1.807, 2.05) is 23.1 Å². The minimum Gasteiger partial charge on any atom is -0.493 e. The molecule has 2 aromatic rings. The van der Waals surface area contributed by atoms with E-state index in [2.05, 4.69) is 16.9 Å². The summed E-state index contributed by atoms with van der Waals surface area (Å²) in [5.41, 5.74) is 8.06. The van der Waals surface area contributed by atoms with Gasteiger partial charge in [0.15, 0.2) is 11.5 Å². The second-order valence-corrected chi connectivity index (χ2v) is 6.62. The number of methoxy groups -OCH3 is 2. The van der Waals surface area contributed by atoms with Crippen LogP contribution in [0, 0.1) is 0 Å². The van der Waals surface area contributed by atoms with Crippen LogP contribution in [0.1, 0.15) is 17.5 Å². The van der Waals surface area contributed by atoms with Crippen LogP contribution in [0.15, 0.2) is 42.5 Å². The Morgan fingerprint density at radius 1 is 1.00 bits per heavy atom. The summed E-state index contributed by atoms with van der Waals surface area (Å²) in [4.78, 5) is 26.4. The molecule has 0 bridgehead atoms. The molecule has 7 heteroatoms. The van der Waals surface area contributed by atoms with Crippen molar-refractivity contribution in [1.29, 1.82) is 0 Å². The Labute approximate surface area is 164 Å². The van der Waals surface area contributed by atoms with Crippen LogP contribution in [0.3, 0.4) is 0 Å². The summed E-state index contributed by atoms with van der Waals surface area (Å²) in [5, 5.41) is 0. The summed E-state index contributed by atoms with van der Waals surface area (Å²) in [6.07, 6.45) is 2.15. The predicted octanol–water partition coefficient (Wildman–Crippen LogP) is 1.85. The van der Waals surface area contributed by atoms with Gasteiger partial charge in [0.1, 0.15) is 0 Å². The maximum atomic E-state index is 12.3. The van der Waals surface area contributed by atoms with Crippen molar-refractivity contribution < 1.29 is 19.1 Å². The summed E-state index contributed by atoms with van der Waals surface area (Å²) in [7, 11) is 3.10. The molecule has 0 aliphatic carbocycles. The van der Waals surface area contributed by atoms with E-state index >= 15 is 0 Å². The van der Waals surface area contributed by atoms with Gasteiger partial charge in [0.05, 0.1) is 27.2 Å². The number of carbonyl (C=O) groups excluding carboxylic acids is 2. The first kappa shape index (κ1) is 19.5. The van der Waals surface area contributed by atoms with E-state index in [4.69, 9.17) is 9.47 Å². The molecule has 1 heterocycles. The molecule has 2 amide bonds. The molecule has 1 aliphatic heterocycles. The number of anilines is 1. The number of nitrogens with zero attached hydrogens (tertiary/aromatic N) is 1. The van der Waals surface area contributed by atoms with E-state index in [1.54, 1.807) is 32.4 Å². The zero-order chi connectivity index (χ0) is 19.9. The largest absolute Gasteiger partial charge is 0.493 e. The van der Waals surface area contributed by atoms with Crippen LogP contribution in [0.4, 0.5) is 5.69 Å². The molecule has 2 aromatic carbocycles. The van der Waals surface area contributed by atoms with E-state index in [-0.39, 0.29) is 24.8 Å². The second-order valence-electron chi connectivity index (χ2n) is 6.62. The number of fused-ring (bicyclic) bond motifs is 1. The van der Waals surface area contributed by atoms with Crippen molar-refractivity contribution in [3.05, 3.63) is 53.6 Å². The highest BCUT2D eigenvalue weighted by atomic mass is 16.5. The Morgan fingerprint density at radius 2 is 1.75 bits per heavy atom. The molecular formula is C21H25N3O4. The van der Waals surface area contributed by atoms with Gasteiger partial charge in [0, 0.05) is 12.2 Å². The summed E-state index contributed by atoms with van der Waals surface area (Å²) in [6.45, 7) is 1.03. The molecule has 28 heavy (non-hydrogen) atoms. The molecule has 1 aliphatic rings. The zero-order valence-corrected chi connectivity index (χ0v) is 16.2. The van der Waals surface area contributed by atoms with Gasteiger partial charge >= 0.3 is 0 Å². The van der Waals surface area contributed by atoms with Gasteiger partial charge in [-0.1, -0.05) is 24.3 Å². The zero-order valence-electron chi connectivity index (χ0n) is 16.2. The molecule has 3 rings (SSSR count). The Balaban J connectivity index is 1.50. The number of hydrogen-bond donors (Lipinski definition) is 2. The van der Waals surface area contributed by atoms with Gasteiger partial charge in [-0.25, -0.2) is 0 Å². The lowest BCUT2D eigenvalue weighted by atomic mass is 10.0. The first-order valence-electron chi connectivity index (χ1n) is 9.22. The normalized spacial score (nSPS) is 12.7. The lowest BCUT2D eigenvalue weighted by Gasteiger charge is -2.30. The number of benzene rings is 2. The van der Waals surface area contributed by atoms with Crippen molar-refractivity contribution >= 4 is 17.5 Å². The van der Waals surface area contributed by atoms with Gasteiger partial charge in [0.2, 0.25) is 5.91 Å². The maximum absolute atomic E-state index is 12.3. The lowest BCUT2D eigenvalue weighted by Crippen LogP contribution is -2.47. The standard InChI is InChI=1S/C21H25N3O4/c1-27-18-10-9-15(12-19(18)28-2)13-20(25)22-23-21(26)14-24-11-5-7-16-6-3-4-8-17(16)24/h3-4,6,8-10,12H,5,7,11,13-14H2,1-2H3,(H,22,25)(H,23,26). The van der Waals surface area contributed by atoms with Crippen molar-refractivity contribution in [1.82, 2.24) is 10.9 Å². The van der Waals surface area contributed by atoms with Crippen LogP contribution < -0.4 is 25.2 Å². The number of ether oxygens (including phenoxy) is 2. The average Bonchev–Trinajstić information content (AvgIpc) is 2.72. The van der Waals surface area contributed by atoms with Gasteiger partial charge in [-0.15, -0.1) is 0 Å². The predicted molar refractivity (Wildman–Crippen MR) is 107 cm³/mol. The highest BCUT2D eigenvalue weighted by molar-refractivity contribution is 5.86. The molecule has 0 atom stereocenters. The highest BCUT2D eigenvalue weighted by Gasteiger charge is 2.18. The SMILES string of the molecule is COc1ccc(CC(=O)NNC(=O)CN2CCCc3ccccc32)cc1OC. The third-order valence-electron chi connectivity index (χ3n) is 4.69. The Bertz CT molecular complexity index is 853. The molecule has 0 aromatic heterocycles. The fourth-order valence-corrected chi connectivity index (χ4v) is 3.35. The van der Waals surface area contributed by atoms with Crippen LogP contribution in [-0.4, -0.2) is 39.1 Å². The minimum atomic E-state index is -0.306. The molecule has 0 spiro atoms. The fourth-order valence-electron chi connectivity index (χ4n) is 3.35.